The highest BCUT2D eigenvalue weighted by Gasteiger charge is 2.20. The van der Waals surface area contributed by atoms with Crippen molar-refractivity contribution in [1.29, 1.82) is 0 Å². The van der Waals surface area contributed by atoms with Crippen LogP contribution in [-0.2, 0) is 14.3 Å². The summed E-state index contributed by atoms with van der Waals surface area (Å²) in [5.74, 6) is -0.139. The van der Waals surface area contributed by atoms with Crippen LogP contribution in [0, 0.1) is 0 Å². The SMILES string of the molecule is CCCCCCC/C=C\CCCCCCCC(=O)OCCCCCC/C=C\CCCC(=O)NC(CO)C(O)CCCCCCCCCCCCCCCCCCCC. The third-order valence-electron chi connectivity index (χ3n) is 11.7. The Morgan fingerprint density at radius 2 is 0.828 bits per heavy atom. The second-order valence-corrected chi connectivity index (χ2v) is 17.5. The third kappa shape index (κ3) is 43.9. The van der Waals surface area contributed by atoms with Gasteiger partial charge in [-0.25, -0.2) is 0 Å². The predicted molar refractivity (Wildman–Crippen MR) is 250 cm³/mol. The maximum atomic E-state index is 12.4. The first-order valence-electron chi connectivity index (χ1n) is 25.6. The Morgan fingerprint density at radius 1 is 0.466 bits per heavy atom. The highest BCUT2D eigenvalue weighted by molar-refractivity contribution is 5.76. The van der Waals surface area contributed by atoms with Crippen molar-refractivity contribution >= 4 is 11.9 Å². The number of carbonyl (C=O) groups excluding carboxylic acids is 2. The lowest BCUT2D eigenvalue weighted by Crippen LogP contribution is -2.45. The van der Waals surface area contributed by atoms with E-state index in [0.29, 0.717) is 25.9 Å². The molecule has 58 heavy (non-hydrogen) atoms. The Labute approximate surface area is 361 Å². The van der Waals surface area contributed by atoms with Crippen molar-refractivity contribution in [2.24, 2.45) is 0 Å². The average Bonchev–Trinajstić information content (AvgIpc) is 3.22. The van der Waals surface area contributed by atoms with E-state index in [4.69, 9.17) is 4.74 Å². The van der Waals surface area contributed by atoms with Crippen LogP contribution >= 0.6 is 0 Å². The molecule has 0 aromatic heterocycles. The normalized spacial score (nSPS) is 12.8. The predicted octanol–water partition coefficient (Wildman–Crippen LogP) is 15.1. The second kappa shape index (κ2) is 48.0. The van der Waals surface area contributed by atoms with Crippen molar-refractivity contribution < 1.29 is 24.5 Å². The molecular formula is C52H99NO5. The number of allylic oxidation sites excluding steroid dienone is 4. The summed E-state index contributed by atoms with van der Waals surface area (Å²) in [6, 6.07) is -0.579. The summed E-state index contributed by atoms with van der Waals surface area (Å²) in [6.45, 7) is 4.85. The van der Waals surface area contributed by atoms with E-state index in [2.05, 4.69) is 43.5 Å². The number of hydrogen-bond acceptors (Lipinski definition) is 5. The molecule has 3 N–H and O–H groups in total. The van der Waals surface area contributed by atoms with Gasteiger partial charge in [0.1, 0.15) is 0 Å². The summed E-state index contributed by atoms with van der Waals surface area (Å²) >= 11 is 0. The van der Waals surface area contributed by atoms with Crippen molar-refractivity contribution in [3.63, 3.8) is 0 Å². The van der Waals surface area contributed by atoms with Gasteiger partial charge in [-0.2, -0.15) is 0 Å². The summed E-state index contributed by atoms with van der Waals surface area (Å²) in [4.78, 5) is 24.4. The fourth-order valence-corrected chi connectivity index (χ4v) is 7.75. The summed E-state index contributed by atoms with van der Waals surface area (Å²) in [7, 11) is 0. The molecule has 0 bridgehead atoms. The molecule has 0 saturated heterocycles. The first-order valence-corrected chi connectivity index (χ1v) is 25.6. The molecule has 0 aromatic carbocycles. The van der Waals surface area contributed by atoms with Crippen LogP contribution in [0.25, 0.3) is 0 Å². The van der Waals surface area contributed by atoms with E-state index in [-0.39, 0.29) is 18.5 Å². The Kier molecular flexibility index (Phi) is 46.6. The van der Waals surface area contributed by atoms with Crippen LogP contribution in [0.1, 0.15) is 271 Å². The number of nitrogens with one attached hydrogen (secondary N) is 1. The van der Waals surface area contributed by atoms with Crippen LogP contribution in [0.5, 0.6) is 0 Å². The van der Waals surface area contributed by atoms with E-state index in [0.717, 1.165) is 70.6 Å². The fourth-order valence-electron chi connectivity index (χ4n) is 7.75. The first kappa shape index (κ1) is 56.3. The molecule has 0 aromatic rings. The zero-order valence-electron chi connectivity index (χ0n) is 38.8. The Bertz CT molecular complexity index is 904. The van der Waals surface area contributed by atoms with Crippen molar-refractivity contribution in [3.05, 3.63) is 24.3 Å². The minimum atomic E-state index is -0.695. The van der Waals surface area contributed by atoms with Gasteiger partial charge >= 0.3 is 5.97 Å². The van der Waals surface area contributed by atoms with E-state index in [1.165, 1.54) is 167 Å². The van der Waals surface area contributed by atoms with Crippen LogP contribution < -0.4 is 5.32 Å². The smallest absolute Gasteiger partial charge is 0.305 e. The van der Waals surface area contributed by atoms with Crippen LogP contribution in [-0.4, -0.2) is 47.4 Å². The lowest BCUT2D eigenvalue weighted by atomic mass is 10.0. The molecular weight excluding hydrogens is 719 g/mol. The third-order valence-corrected chi connectivity index (χ3v) is 11.7. The molecule has 0 aliphatic rings. The molecule has 1 amide bonds. The maximum Gasteiger partial charge on any atom is 0.305 e. The average molecular weight is 818 g/mol. The molecule has 0 saturated carbocycles. The van der Waals surface area contributed by atoms with Crippen molar-refractivity contribution in [2.75, 3.05) is 13.2 Å². The lowest BCUT2D eigenvalue weighted by Gasteiger charge is -2.22. The minimum Gasteiger partial charge on any atom is -0.466 e. The van der Waals surface area contributed by atoms with Crippen LogP contribution in [0.3, 0.4) is 0 Å². The van der Waals surface area contributed by atoms with Gasteiger partial charge in [0.2, 0.25) is 5.91 Å². The number of carbonyl (C=O) groups is 2. The van der Waals surface area contributed by atoms with Crippen LogP contribution in [0.4, 0.5) is 0 Å². The van der Waals surface area contributed by atoms with E-state index in [1.54, 1.807) is 0 Å². The highest BCUT2D eigenvalue weighted by Crippen LogP contribution is 2.16. The van der Waals surface area contributed by atoms with Gasteiger partial charge in [-0.15, -0.1) is 0 Å². The van der Waals surface area contributed by atoms with Gasteiger partial charge in [-0.3, -0.25) is 9.59 Å². The molecule has 0 rings (SSSR count). The summed E-state index contributed by atoms with van der Waals surface area (Å²) in [5.41, 5.74) is 0. The highest BCUT2D eigenvalue weighted by atomic mass is 16.5. The number of aliphatic hydroxyl groups is 2. The molecule has 342 valence electrons. The largest absolute Gasteiger partial charge is 0.466 e. The standard InChI is InChI=1S/C52H99NO5/c1-3-5-7-9-11-13-15-17-19-20-21-22-23-25-28-32-36-40-44-50(55)49(48-54)53-51(56)45-41-37-33-29-27-31-35-39-43-47-58-52(57)46-42-38-34-30-26-24-18-16-14-12-10-8-6-4-2/h16,18,29,33,49-50,54-55H,3-15,17,19-28,30-32,34-48H2,1-2H3,(H,53,56)/b18-16-,33-29-. The first-order chi connectivity index (χ1) is 28.5. The summed E-state index contributed by atoms with van der Waals surface area (Å²) < 4.78 is 5.43. The van der Waals surface area contributed by atoms with Gasteiger partial charge in [0.25, 0.3) is 0 Å². The minimum absolute atomic E-state index is 0.0440. The second-order valence-electron chi connectivity index (χ2n) is 17.5. The monoisotopic (exact) mass is 818 g/mol. The molecule has 2 atom stereocenters. The van der Waals surface area contributed by atoms with E-state index >= 15 is 0 Å². The Balaban J connectivity index is 3.55. The molecule has 6 heteroatoms. The number of ether oxygens (including phenoxy) is 1. The number of rotatable bonds is 47. The van der Waals surface area contributed by atoms with Gasteiger partial charge in [0.15, 0.2) is 0 Å². The molecule has 6 nitrogen and oxygen atoms in total. The lowest BCUT2D eigenvalue weighted by molar-refractivity contribution is -0.143. The van der Waals surface area contributed by atoms with Gasteiger partial charge in [0.05, 0.1) is 25.4 Å². The van der Waals surface area contributed by atoms with Gasteiger partial charge < -0.3 is 20.3 Å². The number of esters is 1. The number of unbranched alkanes of at least 4 members (excludes halogenated alkanes) is 32. The molecule has 0 aliphatic carbocycles. The molecule has 0 heterocycles. The molecule has 0 spiro atoms. The zero-order chi connectivity index (χ0) is 42.3. The topological polar surface area (TPSA) is 95.9 Å². The van der Waals surface area contributed by atoms with Gasteiger partial charge in [0, 0.05) is 12.8 Å². The molecule has 0 aliphatic heterocycles. The molecule has 2 unspecified atom stereocenters. The number of aliphatic hydroxyl groups excluding tert-OH is 2. The van der Waals surface area contributed by atoms with Gasteiger partial charge in [-0.05, 0) is 70.6 Å². The van der Waals surface area contributed by atoms with Crippen LogP contribution in [0.2, 0.25) is 0 Å². The Hall–Kier alpha value is -1.66. The van der Waals surface area contributed by atoms with Crippen molar-refractivity contribution in [3.8, 4) is 0 Å². The van der Waals surface area contributed by atoms with Gasteiger partial charge in [-0.1, -0.05) is 212 Å². The maximum absolute atomic E-state index is 12.4. The van der Waals surface area contributed by atoms with Crippen molar-refractivity contribution in [1.82, 2.24) is 5.32 Å². The van der Waals surface area contributed by atoms with Crippen molar-refractivity contribution in [2.45, 2.75) is 283 Å². The molecule has 0 radical (unpaired) electrons. The van der Waals surface area contributed by atoms with Crippen LogP contribution in [0.15, 0.2) is 24.3 Å². The van der Waals surface area contributed by atoms with E-state index in [1.807, 2.05) is 0 Å². The quantitative estimate of drug-likeness (QED) is 0.0323. The van der Waals surface area contributed by atoms with E-state index < -0.39 is 12.1 Å². The Morgan fingerprint density at radius 3 is 1.26 bits per heavy atom. The zero-order valence-corrected chi connectivity index (χ0v) is 38.8. The number of hydrogen-bond donors (Lipinski definition) is 3. The molecule has 0 fully saturated rings. The summed E-state index contributed by atoms with van der Waals surface area (Å²) in [6.07, 6.45) is 55.8. The summed E-state index contributed by atoms with van der Waals surface area (Å²) in [5, 5.41) is 23.2. The van der Waals surface area contributed by atoms with E-state index in [9.17, 15) is 19.8 Å². The number of amides is 1. The fraction of sp³-hybridized carbons (Fsp3) is 0.885.